The molecule has 1 unspecified atom stereocenters. The SMILES string of the molecule is COC(c1ccccc1)N1CCC(c2nc(N)c([N+](=O)[O-])c(N)n2)CC1. The first-order chi connectivity index (χ1) is 12.5. The second-order valence-electron chi connectivity index (χ2n) is 6.27. The number of nitrogen functional groups attached to an aromatic ring is 2. The molecule has 0 spiro atoms. The van der Waals surface area contributed by atoms with Gasteiger partial charge in [-0.1, -0.05) is 30.3 Å². The van der Waals surface area contributed by atoms with Crippen molar-refractivity contribution in [2.75, 3.05) is 31.7 Å². The standard InChI is InChI=1S/C17H22N6O3/c1-26-17(12-5-3-2-4-6-12)22-9-7-11(8-10-22)16-20-14(18)13(23(24)25)15(19)21-16/h2-6,11,17H,7-10H2,1H3,(H4,18,19,20,21). The highest BCUT2D eigenvalue weighted by molar-refractivity contribution is 5.65. The van der Waals surface area contributed by atoms with Crippen molar-refractivity contribution in [2.45, 2.75) is 25.0 Å². The van der Waals surface area contributed by atoms with E-state index < -0.39 is 10.6 Å². The van der Waals surface area contributed by atoms with Gasteiger partial charge in [0.1, 0.15) is 12.1 Å². The molecule has 0 saturated carbocycles. The van der Waals surface area contributed by atoms with E-state index in [1.807, 2.05) is 30.3 Å². The zero-order valence-corrected chi connectivity index (χ0v) is 14.5. The number of hydrogen-bond donors (Lipinski definition) is 2. The molecule has 0 bridgehead atoms. The second kappa shape index (κ2) is 7.63. The molecule has 1 aliphatic rings. The summed E-state index contributed by atoms with van der Waals surface area (Å²) in [7, 11) is 1.70. The first-order valence-corrected chi connectivity index (χ1v) is 8.40. The summed E-state index contributed by atoms with van der Waals surface area (Å²) in [6.45, 7) is 1.58. The van der Waals surface area contributed by atoms with Gasteiger partial charge in [0.2, 0.25) is 11.6 Å². The molecule has 4 N–H and O–H groups in total. The van der Waals surface area contributed by atoms with E-state index in [1.54, 1.807) is 7.11 Å². The highest BCUT2D eigenvalue weighted by atomic mass is 16.6. The van der Waals surface area contributed by atoms with Gasteiger partial charge in [-0.15, -0.1) is 0 Å². The van der Waals surface area contributed by atoms with E-state index in [2.05, 4.69) is 14.9 Å². The van der Waals surface area contributed by atoms with Crippen molar-refractivity contribution >= 4 is 17.3 Å². The Morgan fingerprint density at radius 2 is 1.77 bits per heavy atom. The van der Waals surface area contributed by atoms with Crippen LogP contribution in [-0.2, 0) is 4.74 Å². The van der Waals surface area contributed by atoms with Gasteiger partial charge < -0.3 is 16.2 Å². The maximum atomic E-state index is 11.0. The molecule has 1 aromatic heterocycles. The van der Waals surface area contributed by atoms with Crippen molar-refractivity contribution in [1.29, 1.82) is 0 Å². The van der Waals surface area contributed by atoms with Crippen LogP contribution in [-0.4, -0.2) is 40.0 Å². The van der Waals surface area contributed by atoms with Crippen LogP contribution in [0.25, 0.3) is 0 Å². The average Bonchev–Trinajstić information content (AvgIpc) is 2.63. The van der Waals surface area contributed by atoms with Crippen LogP contribution >= 0.6 is 0 Å². The maximum Gasteiger partial charge on any atom is 0.352 e. The van der Waals surface area contributed by atoms with E-state index in [1.165, 1.54) is 0 Å². The quantitative estimate of drug-likeness (QED) is 0.613. The fraction of sp³-hybridized carbons (Fsp3) is 0.412. The Kier molecular flexibility index (Phi) is 5.29. The largest absolute Gasteiger partial charge is 0.378 e. The van der Waals surface area contributed by atoms with E-state index in [9.17, 15) is 10.1 Å². The summed E-state index contributed by atoms with van der Waals surface area (Å²) in [4.78, 5) is 20.8. The molecule has 9 heteroatoms. The van der Waals surface area contributed by atoms with Crippen LogP contribution in [0.2, 0.25) is 0 Å². The van der Waals surface area contributed by atoms with Crippen molar-refractivity contribution in [1.82, 2.24) is 14.9 Å². The van der Waals surface area contributed by atoms with Crippen LogP contribution in [0, 0.1) is 10.1 Å². The minimum absolute atomic E-state index is 0.0601. The number of anilines is 2. The minimum atomic E-state index is -0.653. The Morgan fingerprint density at radius 1 is 1.19 bits per heavy atom. The molecule has 1 fully saturated rings. The molecule has 9 nitrogen and oxygen atoms in total. The van der Waals surface area contributed by atoms with Gasteiger partial charge in [-0.25, -0.2) is 9.97 Å². The molecule has 2 heterocycles. The molecule has 1 aromatic carbocycles. The van der Waals surface area contributed by atoms with Crippen molar-refractivity contribution in [3.8, 4) is 0 Å². The molecule has 1 aliphatic heterocycles. The number of likely N-dealkylation sites (tertiary alicyclic amines) is 1. The Labute approximate surface area is 151 Å². The Hall–Kier alpha value is -2.78. The summed E-state index contributed by atoms with van der Waals surface area (Å²) in [5.74, 6) is 0.168. The Morgan fingerprint density at radius 3 is 2.27 bits per heavy atom. The first kappa shape index (κ1) is 18.0. The van der Waals surface area contributed by atoms with E-state index in [0.717, 1.165) is 31.5 Å². The van der Waals surface area contributed by atoms with Gasteiger partial charge in [0, 0.05) is 26.1 Å². The number of nitro groups is 1. The molecular formula is C17H22N6O3. The van der Waals surface area contributed by atoms with Crippen molar-refractivity contribution < 1.29 is 9.66 Å². The average molecular weight is 358 g/mol. The molecule has 26 heavy (non-hydrogen) atoms. The van der Waals surface area contributed by atoms with Gasteiger partial charge in [0.25, 0.3) is 0 Å². The molecule has 3 rings (SSSR count). The molecule has 0 amide bonds. The zero-order chi connectivity index (χ0) is 18.7. The lowest BCUT2D eigenvalue weighted by atomic mass is 9.95. The second-order valence-corrected chi connectivity index (χ2v) is 6.27. The number of hydrogen-bond acceptors (Lipinski definition) is 8. The van der Waals surface area contributed by atoms with Crippen LogP contribution in [0.5, 0.6) is 0 Å². The number of piperidine rings is 1. The third-order valence-electron chi connectivity index (χ3n) is 4.67. The van der Waals surface area contributed by atoms with Gasteiger partial charge in [0.05, 0.1) is 4.92 Å². The number of nitrogens with two attached hydrogens (primary N) is 2. The summed E-state index contributed by atoms with van der Waals surface area (Å²) >= 11 is 0. The zero-order valence-electron chi connectivity index (χ0n) is 14.5. The highest BCUT2D eigenvalue weighted by Crippen LogP contribution is 2.34. The predicted octanol–water partition coefficient (Wildman–Crippen LogP) is 2.07. The van der Waals surface area contributed by atoms with Crippen LogP contribution in [0.3, 0.4) is 0 Å². The van der Waals surface area contributed by atoms with Crippen LogP contribution in [0.1, 0.15) is 36.4 Å². The number of methoxy groups -OCH3 is 1. The lowest BCUT2D eigenvalue weighted by Gasteiger charge is -2.36. The summed E-state index contributed by atoms with van der Waals surface area (Å²) in [5, 5.41) is 11.0. The highest BCUT2D eigenvalue weighted by Gasteiger charge is 2.30. The van der Waals surface area contributed by atoms with Gasteiger partial charge >= 0.3 is 5.69 Å². The number of benzene rings is 1. The van der Waals surface area contributed by atoms with Crippen LogP contribution < -0.4 is 11.5 Å². The summed E-state index contributed by atoms with van der Waals surface area (Å²) in [6, 6.07) is 10.0. The monoisotopic (exact) mass is 358 g/mol. The maximum absolute atomic E-state index is 11.0. The van der Waals surface area contributed by atoms with E-state index in [0.29, 0.717) is 5.82 Å². The third-order valence-corrected chi connectivity index (χ3v) is 4.67. The number of nitrogens with zero attached hydrogens (tertiary/aromatic N) is 4. The van der Waals surface area contributed by atoms with Gasteiger partial charge in [-0.2, -0.15) is 0 Å². The lowest BCUT2D eigenvalue weighted by Crippen LogP contribution is -2.37. The molecule has 1 saturated heterocycles. The van der Waals surface area contributed by atoms with Crippen molar-refractivity contribution in [2.24, 2.45) is 0 Å². The van der Waals surface area contributed by atoms with Crippen molar-refractivity contribution in [3.05, 3.63) is 51.8 Å². The molecule has 0 radical (unpaired) electrons. The Balaban J connectivity index is 1.71. The van der Waals surface area contributed by atoms with Crippen LogP contribution in [0.15, 0.2) is 30.3 Å². The van der Waals surface area contributed by atoms with Crippen LogP contribution in [0.4, 0.5) is 17.3 Å². The van der Waals surface area contributed by atoms with Gasteiger partial charge in [0.15, 0.2) is 0 Å². The number of rotatable bonds is 5. The van der Waals surface area contributed by atoms with E-state index in [-0.39, 0.29) is 23.8 Å². The van der Waals surface area contributed by atoms with Crippen molar-refractivity contribution in [3.63, 3.8) is 0 Å². The molecular weight excluding hydrogens is 336 g/mol. The van der Waals surface area contributed by atoms with Gasteiger partial charge in [-0.3, -0.25) is 15.0 Å². The molecule has 1 atom stereocenters. The van der Waals surface area contributed by atoms with E-state index >= 15 is 0 Å². The molecule has 0 aliphatic carbocycles. The smallest absolute Gasteiger partial charge is 0.352 e. The van der Waals surface area contributed by atoms with Gasteiger partial charge in [-0.05, 0) is 18.4 Å². The minimum Gasteiger partial charge on any atom is -0.378 e. The fourth-order valence-electron chi connectivity index (χ4n) is 3.38. The number of ether oxygens (including phenoxy) is 1. The summed E-state index contributed by atoms with van der Waals surface area (Å²) in [5.41, 5.74) is 12.1. The predicted molar refractivity (Wildman–Crippen MR) is 97.3 cm³/mol. The Bertz CT molecular complexity index is 754. The normalized spacial score (nSPS) is 17.1. The topological polar surface area (TPSA) is 133 Å². The first-order valence-electron chi connectivity index (χ1n) is 8.40. The third kappa shape index (κ3) is 3.58. The molecule has 138 valence electrons. The fourth-order valence-corrected chi connectivity index (χ4v) is 3.38. The summed E-state index contributed by atoms with van der Waals surface area (Å²) in [6.07, 6.45) is 1.48. The lowest BCUT2D eigenvalue weighted by molar-refractivity contribution is -0.383. The summed E-state index contributed by atoms with van der Waals surface area (Å²) < 4.78 is 5.68. The molecule has 2 aromatic rings. The number of aromatic nitrogens is 2. The van der Waals surface area contributed by atoms with E-state index in [4.69, 9.17) is 16.2 Å².